The zero-order valence-electron chi connectivity index (χ0n) is 18.4. The lowest BCUT2D eigenvalue weighted by Gasteiger charge is -2.14. The minimum absolute atomic E-state index is 0.148. The molecule has 13 heteroatoms. The van der Waals surface area contributed by atoms with Crippen molar-refractivity contribution in [2.24, 2.45) is 5.10 Å². The van der Waals surface area contributed by atoms with Crippen LogP contribution in [0.4, 0.5) is 24.5 Å². The molecule has 0 aliphatic carbocycles. The minimum Gasteiger partial charge on any atom is -0.490 e. The predicted molar refractivity (Wildman–Crippen MR) is 135 cm³/mol. The molecule has 0 saturated carbocycles. The summed E-state index contributed by atoms with van der Waals surface area (Å²) in [4.78, 5) is 10.3. The number of rotatable bonds is 9. The van der Waals surface area contributed by atoms with E-state index in [1.165, 1.54) is 6.21 Å². The van der Waals surface area contributed by atoms with E-state index in [1.807, 2.05) is 0 Å². The van der Waals surface area contributed by atoms with Gasteiger partial charge in [-0.25, -0.2) is 0 Å². The van der Waals surface area contributed by atoms with Crippen molar-refractivity contribution in [3.05, 3.63) is 89.9 Å². The molecule has 7 nitrogen and oxygen atoms in total. The van der Waals surface area contributed by atoms with Gasteiger partial charge in [0.2, 0.25) is 0 Å². The van der Waals surface area contributed by atoms with Crippen LogP contribution in [0, 0.1) is 10.1 Å². The fourth-order valence-electron chi connectivity index (χ4n) is 2.95. The molecule has 0 aliphatic rings. The Hall–Kier alpha value is -3.02. The van der Waals surface area contributed by atoms with Gasteiger partial charge in [0.25, 0.3) is 5.69 Å². The number of hydrazone groups is 1. The maximum absolute atomic E-state index is 12.9. The number of alkyl halides is 3. The van der Waals surface area contributed by atoms with Gasteiger partial charge in [-0.2, -0.15) is 18.3 Å². The maximum Gasteiger partial charge on any atom is 0.416 e. The van der Waals surface area contributed by atoms with Crippen LogP contribution in [0.1, 0.15) is 23.6 Å². The molecule has 3 rings (SSSR count). The molecule has 0 amide bonds. The van der Waals surface area contributed by atoms with Crippen LogP contribution in [0.5, 0.6) is 11.5 Å². The minimum atomic E-state index is -4.71. The lowest BCUT2D eigenvalue weighted by molar-refractivity contribution is -0.384. The normalized spacial score (nSPS) is 11.5. The molecule has 0 radical (unpaired) electrons. The monoisotopic (exact) mass is 605 g/mol. The molecule has 0 atom stereocenters. The highest BCUT2D eigenvalue weighted by atomic mass is 79.9. The Labute approximate surface area is 222 Å². The Kier molecular flexibility index (Phi) is 9.04. The fraction of sp³-hybridized carbons (Fsp3) is 0.174. The van der Waals surface area contributed by atoms with Gasteiger partial charge in [0.15, 0.2) is 11.5 Å². The Morgan fingerprint density at radius 2 is 1.83 bits per heavy atom. The molecule has 0 saturated heterocycles. The van der Waals surface area contributed by atoms with E-state index in [0.717, 1.165) is 12.1 Å². The number of nitrogens with one attached hydrogen (secondary N) is 1. The van der Waals surface area contributed by atoms with Gasteiger partial charge in [0.05, 0.1) is 23.3 Å². The molecule has 0 aliphatic heterocycles. The number of halogens is 6. The topological polar surface area (TPSA) is 86.0 Å². The molecule has 3 aromatic carbocycles. The molecular formula is C23H17BrCl2F3N3O4. The third-order valence-electron chi connectivity index (χ3n) is 4.67. The molecule has 0 unspecified atom stereocenters. The number of nitro groups is 1. The Bertz CT molecular complexity index is 1310. The van der Waals surface area contributed by atoms with E-state index < -0.39 is 22.4 Å². The highest BCUT2D eigenvalue weighted by Gasteiger charge is 2.33. The number of anilines is 1. The van der Waals surface area contributed by atoms with Gasteiger partial charge in [0, 0.05) is 31.7 Å². The summed E-state index contributed by atoms with van der Waals surface area (Å²) in [5.41, 5.74) is 1.54. The van der Waals surface area contributed by atoms with Crippen molar-refractivity contribution < 1.29 is 27.6 Å². The Morgan fingerprint density at radius 1 is 1.11 bits per heavy atom. The van der Waals surface area contributed by atoms with Crippen molar-refractivity contribution in [3.8, 4) is 11.5 Å². The van der Waals surface area contributed by atoms with Crippen LogP contribution in [0.2, 0.25) is 10.0 Å². The van der Waals surface area contributed by atoms with E-state index in [4.69, 9.17) is 32.7 Å². The van der Waals surface area contributed by atoms with Gasteiger partial charge in [-0.05, 0) is 59.3 Å². The van der Waals surface area contributed by atoms with Crippen LogP contribution < -0.4 is 14.9 Å². The number of ether oxygens (including phenoxy) is 2. The first kappa shape index (κ1) is 27.6. The lowest BCUT2D eigenvalue weighted by Crippen LogP contribution is -2.06. The zero-order valence-corrected chi connectivity index (χ0v) is 21.5. The quantitative estimate of drug-likeness (QED) is 0.151. The molecule has 0 heterocycles. The summed E-state index contributed by atoms with van der Waals surface area (Å²) in [6, 6.07) is 10.4. The van der Waals surface area contributed by atoms with E-state index in [0.29, 0.717) is 49.8 Å². The summed E-state index contributed by atoms with van der Waals surface area (Å²) < 4.78 is 50.7. The second-order valence-electron chi connectivity index (χ2n) is 7.13. The van der Waals surface area contributed by atoms with E-state index in [2.05, 4.69) is 26.5 Å². The summed E-state index contributed by atoms with van der Waals surface area (Å²) in [7, 11) is 0. The number of benzene rings is 3. The van der Waals surface area contributed by atoms with E-state index in [1.54, 1.807) is 37.3 Å². The molecule has 3 aromatic rings. The lowest BCUT2D eigenvalue weighted by atomic mass is 10.1. The highest BCUT2D eigenvalue weighted by Crippen LogP contribution is 2.36. The summed E-state index contributed by atoms with van der Waals surface area (Å²) >= 11 is 15.5. The average molecular weight is 607 g/mol. The van der Waals surface area contributed by atoms with Gasteiger partial charge in [-0.15, -0.1) is 0 Å². The molecule has 0 bridgehead atoms. The van der Waals surface area contributed by atoms with Gasteiger partial charge in [-0.1, -0.05) is 29.3 Å². The first-order chi connectivity index (χ1) is 17.0. The molecule has 0 spiro atoms. The first-order valence-electron chi connectivity index (χ1n) is 10.2. The molecule has 0 fully saturated rings. The van der Waals surface area contributed by atoms with E-state index in [9.17, 15) is 23.3 Å². The van der Waals surface area contributed by atoms with Gasteiger partial charge < -0.3 is 9.47 Å². The summed E-state index contributed by atoms with van der Waals surface area (Å²) in [5.74, 6) is 0.811. The fourth-order valence-corrected chi connectivity index (χ4v) is 3.84. The van der Waals surface area contributed by atoms with Crippen LogP contribution in [-0.2, 0) is 12.8 Å². The van der Waals surface area contributed by atoms with Gasteiger partial charge >= 0.3 is 6.18 Å². The first-order valence-corrected chi connectivity index (χ1v) is 11.7. The number of hydrogen-bond acceptors (Lipinski definition) is 6. The molecule has 36 heavy (non-hydrogen) atoms. The van der Waals surface area contributed by atoms with Crippen molar-refractivity contribution in [2.75, 3.05) is 12.0 Å². The molecule has 0 aromatic heterocycles. The van der Waals surface area contributed by atoms with Crippen molar-refractivity contribution in [2.45, 2.75) is 19.7 Å². The standard InChI is InChI=1S/C23H17BrCl2F3N3O4/c1-2-35-21-7-14(17(24)10-22(21)36-12-13-3-5-16(25)9-18(13)26)11-30-31-19-6-4-15(23(27,28)29)8-20(19)32(33)34/h3-11,31H,2,12H2,1H3/b30-11-. The van der Waals surface area contributed by atoms with Gasteiger partial charge in [-0.3, -0.25) is 15.5 Å². The number of nitrogens with zero attached hydrogens (tertiary/aromatic N) is 2. The van der Waals surface area contributed by atoms with Gasteiger partial charge in [0.1, 0.15) is 12.3 Å². The number of hydrogen-bond donors (Lipinski definition) is 1. The van der Waals surface area contributed by atoms with E-state index >= 15 is 0 Å². The van der Waals surface area contributed by atoms with Crippen LogP contribution in [-0.4, -0.2) is 17.7 Å². The molecular weight excluding hydrogens is 590 g/mol. The third-order valence-corrected chi connectivity index (χ3v) is 5.95. The molecule has 190 valence electrons. The maximum atomic E-state index is 12.9. The Balaban J connectivity index is 1.81. The molecule has 1 N–H and O–H groups in total. The van der Waals surface area contributed by atoms with Crippen molar-refractivity contribution >= 4 is 56.7 Å². The zero-order chi connectivity index (χ0) is 26.5. The van der Waals surface area contributed by atoms with Crippen molar-refractivity contribution in [1.82, 2.24) is 0 Å². The SMILES string of the molecule is CCOc1cc(/C=N\Nc2ccc(C(F)(F)F)cc2[N+](=O)[O-])c(Br)cc1OCc1ccc(Cl)cc1Cl. The summed E-state index contributed by atoms with van der Waals surface area (Å²) in [6.07, 6.45) is -3.39. The summed E-state index contributed by atoms with van der Waals surface area (Å²) in [6.45, 7) is 2.28. The highest BCUT2D eigenvalue weighted by molar-refractivity contribution is 9.10. The van der Waals surface area contributed by atoms with Crippen LogP contribution >= 0.6 is 39.1 Å². The van der Waals surface area contributed by atoms with E-state index in [-0.39, 0.29) is 12.3 Å². The Morgan fingerprint density at radius 3 is 2.47 bits per heavy atom. The second kappa shape index (κ2) is 11.8. The van der Waals surface area contributed by atoms with Crippen LogP contribution in [0.3, 0.4) is 0 Å². The van der Waals surface area contributed by atoms with Crippen LogP contribution in [0.25, 0.3) is 0 Å². The largest absolute Gasteiger partial charge is 0.490 e. The number of nitro benzene ring substituents is 1. The van der Waals surface area contributed by atoms with Crippen molar-refractivity contribution in [1.29, 1.82) is 0 Å². The average Bonchev–Trinajstić information content (AvgIpc) is 2.80. The smallest absolute Gasteiger partial charge is 0.416 e. The predicted octanol–water partition coefficient (Wildman–Crippen LogP) is 8.11. The second-order valence-corrected chi connectivity index (χ2v) is 8.83. The van der Waals surface area contributed by atoms with Crippen molar-refractivity contribution in [3.63, 3.8) is 0 Å². The van der Waals surface area contributed by atoms with Crippen LogP contribution in [0.15, 0.2) is 58.1 Å². The summed E-state index contributed by atoms with van der Waals surface area (Å²) in [5, 5.41) is 16.1. The third kappa shape index (κ3) is 7.02.